The Labute approximate surface area is 126 Å². The Hall–Kier alpha value is -0.670. The Balaban J connectivity index is 2.63. The fourth-order valence-electron chi connectivity index (χ4n) is 2.22. The molecule has 0 aliphatic rings. The first-order valence-corrected chi connectivity index (χ1v) is 9.12. The summed E-state index contributed by atoms with van der Waals surface area (Å²) in [5, 5.41) is 3.51. The maximum atomic E-state index is 12.4. The second-order valence-corrected chi connectivity index (χ2v) is 7.17. The lowest BCUT2D eigenvalue weighted by Crippen LogP contribution is -2.34. The standard InChI is InChI=1S/C17H29NOS/c1-5-7-16(18-12-6-2)13-20(19)17-10-8-15(9-11-17)14(3)4/h8-11,14,16,18H,5-7,12-13H2,1-4H3. The van der Waals surface area contributed by atoms with E-state index in [0.717, 1.165) is 36.5 Å². The number of nitrogens with one attached hydrogen (secondary N) is 1. The summed E-state index contributed by atoms with van der Waals surface area (Å²) in [6.07, 6.45) is 3.34. The van der Waals surface area contributed by atoms with E-state index in [1.54, 1.807) is 0 Å². The van der Waals surface area contributed by atoms with Crippen LogP contribution in [0.2, 0.25) is 0 Å². The first kappa shape index (κ1) is 17.4. The average molecular weight is 295 g/mol. The third-order valence-corrected chi connectivity index (χ3v) is 4.99. The van der Waals surface area contributed by atoms with Crippen LogP contribution in [0.15, 0.2) is 29.2 Å². The quantitative estimate of drug-likeness (QED) is 0.743. The summed E-state index contributed by atoms with van der Waals surface area (Å²) >= 11 is 0. The van der Waals surface area contributed by atoms with Crippen LogP contribution in [0.25, 0.3) is 0 Å². The molecule has 0 aromatic heterocycles. The zero-order valence-corrected chi connectivity index (χ0v) is 14.1. The lowest BCUT2D eigenvalue weighted by Gasteiger charge is -2.17. The molecule has 0 spiro atoms. The molecule has 0 heterocycles. The van der Waals surface area contributed by atoms with Gasteiger partial charge < -0.3 is 5.32 Å². The molecule has 20 heavy (non-hydrogen) atoms. The average Bonchev–Trinajstić information content (AvgIpc) is 2.45. The van der Waals surface area contributed by atoms with Crippen LogP contribution in [0, 0.1) is 0 Å². The lowest BCUT2D eigenvalue weighted by atomic mass is 10.0. The molecule has 0 radical (unpaired) electrons. The summed E-state index contributed by atoms with van der Waals surface area (Å²) < 4.78 is 12.4. The molecule has 0 saturated carbocycles. The van der Waals surface area contributed by atoms with Crippen molar-refractivity contribution >= 4 is 10.8 Å². The van der Waals surface area contributed by atoms with Crippen molar-refractivity contribution in [2.75, 3.05) is 12.3 Å². The summed E-state index contributed by atoms with van der Waals surface area (Å²) in [5.41, 5.74) is 1.31. The van der Waals surface area contributed by atoms with Crippen molar-refractivity contribution < 1.29 is 4.21 Å². The van der Waals surface area contributed by atoms with Gasteiger partial charge in [0, 0.05) is 16.7 Å². The summed E-state index contributed by atoms with van der Waals surface area (Å²) in [4.78, 5) is 0.953. The van der Waals surface area contributed by atoms with Gasteiger partial charge in [-0.15, -0.1) is 0 Å². The van der Waals surface area contributed by atoms with E-state index in [9.17, 15) is 4.21 Å². The smallest absolute Gasteiger partial charge is 0.0545 e. The van der Waals surface area contributed by atoms with Gasteiger partial charge in [-0.05, 0) is 43.0 Å². The monoisotopic (exact) mass is 295 g/mol. The maximum Gasteiger partial charge on any atom is 0.0545 e. The van der Waals surface area contributed by atoms with Gasteiger partial charge in [-0.2, -0.15) is 0 Å². The third-order valence-electron chi connectivity index (χ3n) is 3.48. The van der Waals surface area contributed by atoms with Crippen LogP contribution in [-0.2, 0) is 10.8 Å². The zero-order chi connectivity index (χ0) is 15.0. The molecule has 1 N–H and O–H groups in total. The van der Waals surface area contributed by atoms with Crippen molar-refractivity contribution in [2.24, 2.45) is 0 Å². The van der Waals surface area contributed by atoms with E-state index < -0.39 is 10.8 Å². The van der Waals surface area contributed by atoms with Gasteiger partial charge in [-0.1, -0.05) is 46.2 Å². The van der Waals surface area contributed by atoms with Crippen LogP contribution in [0.1, 0.15) is 58.4 Å². The lowest BCUT2D eigenvalue weighted by molar-refractivity contribution is 0.510. The molecular formula is C17H29NOS. The van der Waals surface area contributed by atoms with Crippen molar-refractivity contribution in [3.05, 3.63) is 29.8 Å². The van der Waals surface area contributed by atoms with E-state index in [4.69, 9.17) is 0 Å². The Bertz CT molecular complexity index is 400. The van der Waals surface area contributed by atoms with Crippen molar-refractivity contribution in [1.82, 2.24) is 5.32 Å². The van der Waals surface area contributed by atoms with Crippen LogP contribution in [-0.4, -0.2) is 22.5 Å². The normalized spacial score (nSPS) is 14.4. The maximum absolute atomic E-state index is 12.4. The molecule has 0 saturated heterocycles. The fourth-order valence-corrected chi connectivity index (χ4v) is 3.51. The topological polar surface area (TPSA) is 29.1 Å². The van der Waals surface area contributed by atoms with Gasteiger partial charge in [0.1, 0.15) is 0 Å². The number of rotatable bonds is 9. The molecule has 0 aliphatic carbocycles. The molecule has 1 rings (SSSR count). The minimum absolute atomic E-state index is 0.366. The molecule has 0 amide bonds. The van der Waals surface area contributed by atoms with Crippen LogP contribution < -0.4 is 5.32 Å². The van der Waals surface area contributed by atoms with E-state index in [-0.39, 0.29) is 0 Å². The predicted molar refractivity (Wildman–Crippen MR) is 88.8 cm³/mol. The van der Waals surface area contributed by atoms with Crippen LogP contribution in [0.5, 0.6) is 0 Å². The Morgan fingerprint density at radius 2 is 1.75 bits per heavy atom. The molecule has 2 unspecified atom stereocenters. The van der Waals surface area contributed by atoms with Gasteiger partial charge in [0.05, 0.1) is 10.8 Å². The van der Waals surface area contributed by atoms with E-state index >= 15 is 0 Å². The van der Waals surface area contributed by atoms with Crippen LogP contribution >= 0.6 is 0 Å². The molecule has 0 aliphatic heterocycles. The highest BCUT2D eigenvalue weighted by Crippen LogP contribution is 2.17. The fraction of sp³-hybridized carbons (Fsp3) is 0.647. The van der Waals surface area contributed by atoms with Gasteiger partial charge in [-0.3, -0.25) is 4.21 Å². The van der Waals surface area contributed by atoms with Crippen molar-refractivity contribution in [1.29, 1.82) is 0 Å². The van der Waals surface area contributed by atoms with Gasteiger partial charge in [-0.25, -0.2) is 0 Å². The molecule has 3 heteroatoms. The SMILES string of the molecule is CCCNC(CCC)CS(=O)c1ccc(C(C)C)cc1. The first-order valence-electron chi connectivity index (χ1n) is 7.80. The number of benzene rings is 1. The minimum atomic E-state index is -0.902. The highest BCUT2D eigenvalue weighted by atomic mass is 32.2. The largest absolute Gasteiger partial charge is 0.313 e. The van der Waals surface area contributed by atoms with Crippen molar-refractivity contribution in [3.63, 3.8) is 0 Å². The zero-order valence-electron chi connectivity index (χ0n) is 13.3. The van der Waals surface area contributed by atoms with E-state index in [1.807, 2.05) is 12.1 Å². The van der Waals surface area contributed by atoms with Gasteiger partial charge >= 0.3 is 0 Å². The summed E-state index contributed by atoms with van der Waals surface area (Å²) in [6, 6.07) is 8.62. The third kappa shape index (κ3) is 5.76. The second kappa shape index (κ2) is 9.30. The van der Waals surface area contributed by atoms with Crippen molar-refractivity contribution in [2.45, 2.75) is 63.8 Å². The molecule has 114 valence electrons. The molecule has 2 nitrogen and oxygen atoms in total. The molecule has 1 aromatic rings. The molecule has 0 fully saturated rings. The van der Waals surface area contributed by atoms with Gasteiger partial charge in [0.2, 0.25) is 0 Å². The number of hydrogen-bond acceptors (Lipinski definition) is 2. The van der Waals surface area contributed by atoms with Gasteiger partial charge in [0.25, 0.3) is 0 Å². The number of hydrogen-bond donors (Lipinski definition) is 1. The molecule has 1 aromatic carbocycles. The highest BCUT2D eigenvalue weighted by molar-refractivity contribution is 7.85. The molecular weight excluding hydrogens is 266 g/mol. The van der Waals surface area contributed by atoms with E-state index in [0.29, 0.717) is 12.0 Å². The Morgan fingerprint density at radius 3 is 2.25 bits per heavy atom. The Kier molecular flexibility index (Phi) is 8.08. The van der Waals surface area contributed by atoms with E-state index in [2.05, 4.69) is 45.1 Å². The summed E-state index contributed by atoms with van der Waals surface area (Å²) in [5.74, 6) is 1.24. The predicted octanol–water partition coefficient (Wildman–Crippen LogP) is 4.09. The second-order valence-electron chi connectivity index (χ2n) is 5.68. The van der Waals surface area contributed by atoms with Crippen molar-refractivity contribution in [3.8, 4) is 0 Å². The minimum Gasteiger partial charge on any atom is -0.313 e. The summed E-state index contributed by atoms with van der Waals surface area (Å²) in [7, 11) is -0.902. The highest BCUT2D eigenvalue weighted by Gasteiger charge is 2.13. The van der Waals surface area contributed by atoms with E-state index in [1.165, 1.54) is 5.56 Å². The molecule has 2 atom stereocenters. The molecule has 0 bridgehead atoms. The van der Waals surface area contributed by atoms with Gasteiger partial charge in [0.15, 0.2) is 0 Å². The Morgan fingerprint density at radius 1 is 1.10 bits per heavy atom. The summed E-state index contributed by atoms with van der Waals surface area (Å²) in [6.45, 7) is 9.71. The first-order chi connectivity index (χ1) is 9.58. The van der Waals surface area contributed by atoms with Crippen LogP contribution in [0.3, 0.4) is 0 Å². The van der Waals surface area contributed by atoms with Crippen LogP contribution in [0.4, 0.5) is 0 Å².